The third kappa shape index (κ3) is 4.88. The summed E-state index contributed by atoms with van der Waals surface area (Å²) < 4.78 is 7.16. The highest BCUT2D eigenvalue weighted by Crippen LogP contribution is 2.28. The Kier molecular flexibility index (Phi) is 6.30. The Morgan fingerprint density at radius 3 is 2.64 bits per heavy atom. The molecule has 168 valence electrons. The van der Waals surface area contributed by atoms with Gasteiger partial charge < -0.3 is 4.74 Å². The molecule has 0 aliphatic carbocycles. The third-order valence-electron chi connectivity index (χ3n) is 5.64. The van der Waals surface area contributed by atoms with Crippen molar-refractivity contribution < 1.29 is 9.53 Å². The zero-order valence-electron chi connectivity index (χ0n) is 18.4. The summed E-state index contributed by atoms with van der Waals surface area (Å²) in [5.74, 6) is -0.220. The second-order valence-electron chi connectivity index (χ2n) is 7.97. The first-order valence-corrected chi connectivity index (χ1v) is 11.8. The molecule has 1 fully saturated rings. The van der Waals surface area contributed by atoms with E-state index in [1.54, 1.807) is 10.9 Å². The van der Waals surface area contributed by atoms with Crippen molar-refractivity contribution in [2.45, 2.75) is 13.5 Å². The lowest BCUT2D eigenvalue weighted by atomic mass is 10.0. The van der Waals surface area contributed by atoms with Gasteiger partial charge in [0.15, 0.2) is 5.13 Å². The Balaban J connectivity index is 1.41. The smallest absolute Gasteiger partial charge is 0.261 e. The first-order chi connectivity index (χ1) is 16.2. The Morgan fingerprint density at radius 1 is 1.09 bits per heavy atom. The highest BCUT2D eigenvalue weighted by molar-refractivity contribution is 7.14. The van der Waals surface area contributed by atoms with Crippen LogP contribution in [0.2, 0.25) is 0 Å². The van der Waals surface area contributed by atoms with Gasteiger partial charge in [-0.1, -0.05) is 42.5 Å². The van der Waals surface area contributed by atoms with Crippen molar-refractivity contribution in [2.24, 2.45) is 0 Å². The number of benzene rings is 2. The Labute approximate surface area is 196 Å². The molecule has 33 heavy (non-hydrogen) atoms. The second-order valence-corrected chi connectivity index (χ2v) is 8.83. The number of nitrogens with one attached hydrogen (secondary N) is 1. The molecule has 3 heterocycles. The quantitative estimate of drug-likeness (QED) is 0.463. The van der Waals surface area contributed by atoms with Gasteiger partial charge in [0.25, 0.3) is 5.91 Å². The van der Waals surface area contributed by atoms with Crippen LogP contribution in [0.5, 0.6) is 0 Å². The molecule has 5 rings (SSSR count). The number of morpholine rings is 1. The summed E-state index contributed by atoms with van der Waals surface area (Å²) >= 11 is 1.44. The number of carbonyl (C=O) groups is 1. The summed E-state index contributed by atoms with van der Waals surface area (Å²) in [5.41, 5.74) is 5.01. The fourth-order valence-electron chi connectivity index (χ4n) is 3.88. The average Bonchev–Trinajstić information content (AvgIpc) is 3.48. The lowest BCUT2D eigenvalue weighted by Gasteiger charge is -2.25. The van der Waals surface area contributed by atoms with Crippen LogP contribution in [-0.2, 0) is 11.3 Å². The minimum Gasteiger partial charge on any atom is -0.379 e. The van der Waals surface area contributed by atoms with E-state index < -0.39 is 0 Å². The van der Waals surface area contributed by atoms with Crippen LogP contribution in [0.25, 0.3) is 16.9 Å². The molecule has 1 aliphatic rings. The monoisotopic (exact) mass is 459 g/mol. The largest absolute Gasteiger partial charge is 0.379 e. The van der Waals surface area contributed by atoms with Crippen molar-refractivity contribution in [2.75, 3.05) is 31.6 Å². The predicted octanol–water partition coefficient (Wildman–Crippen LogP) is 4.39. The molecule has 0 atom stereocenters. The van der Waals surface area contributed by atoms with Crippen LogP contribution in [-0.4, -0.2) is 51.9 Å². The molecular formula is C25H25N5O2S. The van der Waals surface area contributed by atoms with E-state index >= 15 is 0 Å². The lowest BCUT2D eigenvalue weighted by molar-refractivity contribution is 0.0337. The summed E-state index contributed by atoms with van der Waals surface area (Å²) in [4.78, 5) is 20.3. The van der Waals surface area contributed by atoms with Crippen LogP contribution >= 0.6 is 11.3 Å². The SMILES string of the molecule is Cc1ccccc1-c1nn(-c2ccccc2)cc1C(=O)Nc1nc(CN2CCOCC2)cs1. The minimum atomic E-state index is -0.220. The van der Waals surface area contributed by atoms with E-state index in [9.17, 15) is 4.79 Å². The summed E-state index contributed by atoms with van der Waals surface area (Å²) in [7, 11) is 0. The normalized spacial score (nSPS) is 14.3. The first kappa shape index (κ1) is 21.5. The molecule has 0 saturated carbocycles. The molecule has 0 radical (unpaired) electrons. The number of para-hydroxylation sites is 1. The molecular weight excluding hydrogens is 434 g/mol. The van der Waals surface area contributed by atoms with Crippen LogP contribution in [0.1, 0.15) is 21.6 Å². The minimum absolute atomic E-state index is 0.220. The molecule has 4 aromatic rings. The van der Waals surface area contributed by atoms with Crippen molar-refractivity contribution in [3.8, 4) is 16.9 Å². The van der Waals surface area contributed by atoms with Gasteiger partial charge in [0.05, 0.1) is 30.2 Å². The number of aromatic nitrogens is 3. The molecule has 1 aliphatic heterocycles. The summed E-state index contributed by atoms with van der Waals surface area (Å²) in [6, 6.07) is 17.8. The van der Waals surface area contributed by atoms with Gasteiger partial charge in [0, 0.05) is 36.8 Å². The lowest BCUT2D eigenvalue weighted by Crippen LogP contribution is -2.35. The molecule has 1 amide bonds. The van der Waals surface area contributed by atoms with Crippen LogP contribution in [0.15, 0.2) is 66.2 Å². The summed E-state index contributed by atoms with van der Waals surface area (Å²) in [6.45, 7) is 6.09. The molecule has 8 heteroatoms. The molecule has 1 saturated heterocycles. The van der Waals surface area contributed by atoms with Crippen LogP contribution in [0.4, 0.5) is 5.13 Å². The number of amides is 1. The summed E-state index contributed by atoms with van der Waals surface area (Å²) in [6.07, 6.45) is 1.79. The highest BCUT2D eigenvalue weighted by atomic mass is 32.1. The van der Waals surface area contributed by atoms with Gasteiger partial charge in [-0.05, 0) is 24.6 Å². The van der Waals surface area contributed by atoms with Crippen LogP contribution in [0.3, 0.4) is 0 Å². The summed E-state index contributed by atoms with van der Waals surface area (Å²) in [5, 5.41) is 10.3. The first-order valence-electron chi connectivity index (χ1n) is 10.9. The number of hydrogen-bond acceptors (Lipinski definition) is 6. The van der Waals surface area contributed by atoms with E-state index in [0.717, 1.165) is 55.4 Å². The van der Waals surface area contributed by atoms with E-state index in [-0.39, 0.29) is 5.91 Å². The van der Waals surface area contributed by atoms with Crippen LogP contribution < -0.4 is 5.32 Å². The van der Waals surface area contributed by atoms with E-state index in [1.807, 2.05) is 66.9 Å². The Morgan fingerprint density at radius 2 is 1.85 bits per heavy atom. The maximum absolute atomic E-state index is 13.3. The van der Waals surface area contributed by atoms with Crippen molar-refractivity contribution in [1.29, 1.82) is 0 Å². The van der Waals surface area contributed by atoms with Gasteiger partial charge >= 0.3 is 0 Å². The second kappa shape index (κ2) is 9.66. The molecule has 1 N–H and O–H groups in total. The predicted molar refractivity (Wildman–Crippen MR) is 130 cm³/mol. The zero-order chi connectivity index (χ0) is 22.6. The van der Waals surface area contributed by atoms with Gasteiger partial charge in [0.2, 0.25) is 0 Å². The van der Waals surface area contributed by atoms with Crippen molar-refractivity contribution in [1.82, 2.24) is 19.7 Å². The molecule has 0 spiro atoms. The van der Waals surface area contributed by atoms with Gasteiger partial charge in [0.1, 0.15) is 5.69 Å². The Hall–Kier alpha value is -3.33. The Bertz CT molecular complexity index is 1240. The van der Waals surface area contributed by atoms with E-state index in [4.69, 9.17) is 9.84 Å². The van der Waals surface area contributed by atoms with E-state index in [1.165, 1.54) is 11.3 Å². The maximum atomic E-state index is 13.3. The van der Waals surface area contributed by atoms with Crippen molar-refractivity contribution in [3.63, 3.8) is 0 Å². The van der Waals surface area contributed by atoms with E-state index in [2.05, 4.69) is 15.2 Å². The molecule has 2 aromatic carbocycles. The van der Waals surface area contributed by atoms with Crippen LogP contribution in [0, 0.1) is 6.92 Å². The number of rotatable bonds is 6. The van der Waals surface area contributed by atoms with Crippen molar-refractivity contribution >= 4 is 22.4 Å². The number of nitrogens with zero attached hydrogens (tertiary/aromatic N) is 4. The number of anilines is 1. The number of hydrogen-bond donors (Lipinski definition) is 1. The maximum Gasteiger partial charge on any atom is 0.261 e. The van der Waals surface area contributed by atoms with Gasteiger partial charge in [-0.15, -0.1) is 11.3 Å². The molecule has 0 unspecified atom stereocenters. The average molecular weight is 460 g/mol. The highest BCUT2D eigenvalue weighted by Gasteiger charge is 2.21. The van der Waals surface area contributed by atoms with Gasteiger partial charge in [-0.3, -0.25) is 15.0 Å². The number of thiazole rings is 1. The van der Waals surface area contributed by atoms with Gasteiger partial charge in [-0.2, -0.15) is 5.10 Å². The number of carbonyl (C=O) groups excluding carboxylic acids is 1. The zero-order valence-corrected chi connectivity index (χ0v) is 19.2. The number of aryl methyl sites for hydroxylation is 1. The fourth-order valence-corrected chi connectivity index (χ4v) is 4.58. The third-order valence-corrected chi connectivity index (χ3v) is 6.45. The molecule has 7 nitrogen and oxygen atoms in total. The molecule has 2 aromatic heterocycles. The van der Waals surface area contributed by atoms with Crippen molar-refractivity contribution in [3.05, 3.63) is 83.0 Å². The molecule has 0 bridgehead atoms. The fraction of sp³-hybridized carbons (Fsp3) is 0.240. The standard InChI is InChI=1S/C25H25N5O2S/c1-18-7-5-6-10-21(18)23-22(16-30(28-23)20-8-3-2-4-9-20)24(31)27-25-26-19(17-33-25)15-29-11-13-32-14-12-29/h2-10,16-17H,11-15H2,1H3,(H,26,27,31). The number of ether oxygens (including phenoxy) is 1. The van der Waals surface area contributed by atoms with E-state index in [0.29, 0.717) is 16.4 Å². The van der Waals surface area contributed by atoms with Gasteiger partial charge in [-0.25, -0.2) is 9.67 Å². The topological polar surface area (TPSA) is 72.3 Å².